The Hall–Kier alpha value is -2.24. The molecule has 0 unspecified atom stereocenters. The number of hydrogen-bond donors (Lipinski definition) is 1. The van der Waals surface area contributed by atoms with Crippen molar-refractivity contribution < 1.29 is 23.8 Å². The maximum Gasteiger partial charge on any atom is 0.412 e. The number of benzene rings is 1. The zero-order chi connectivity index (χ0) is 16.8. The van der Waals surface area contributed by atoms with E-state index in [-0.39, 0.29) is 12.4 Å². The fourth-order valence-corrected chi connectivity index (χ4v) is 1.79. The first-order chi connectivity index (χ1) is 10.2. The van der Waals surface area contributed by atoms with Crippen LogP contribution in [0.3, 0.4) is 0 Å². The van der Waals surface area contributed by atoms with E-state index in [9.17, 15) is 9.59 Å². The number of ether oxygens (including phenoxy) is 3. The number of rotatable bonds is 5. The number of amides is 1. The summed E-state index contributed by atoms with van der Waals surface area (Å²) in [6.07, 6.45) is 0.241. The van der Waals surface area contributed by atoms with Crippen LogP contribution < -0.4 is 10.1 Å². The van der Waals surface area contributed by atoms with Crippen molar-refractivity contribution in [2.75, 3.05) is 19.5 Å². The van der Waals surface area contributed by atoms with Gasteiger partial charge in [-0.15, -0.1) is 0 Å². The van der Waals surface area contributed by atoms with Gasteiger partial charge in [0.15, 0.2) is 0 Å². The Morgan fingerprint density at radius 2 is 1.86 bits per heavy atom. The van der Waals surface area contributed by atoms with Gasteiger partial charge in [0.25, 0.3) is 0 Å². The highest BCUT2D eigenvalue weighted by Crippen LogP contribution is 2.25. The van der Waals surface area contributed by atoms with E-state index < -0.39 is 11.7 Å². The SMILES string of the molecule is COC(=O)CCc1ccc(NC(=O)OC(C)(C)C)cc1OC. The summed E-state index contributed by atoms with van der Waals surface area (Å²) in [5.41, 5.74) is 0.866. The summed E-state index contributed by atoms with van der Waals surface area (Å²) in [5.74, 6) is 0.315. The van der Waals surface area contributed by atoms with Gasteiger partial charge < -0.3 is 14.2 Å². The molecule has 0 spiro atoms. The minimum absolute atomic E-state index is 0.270. The molecule has 0 saturated carbocycles. The number of nitrogens with one attached hydrogen (secondary N) is 1. The molecule has 1 rings (SSSR count). The molecule has 22 heavy (non-hydrogen) atoms. The fourth-order valence-electron chi connectivity index (χ4n) is 1.79. The second-order valence-electron chi connectivity index (χ2n) is 5.73. The third kappa shape index (κ3) is 6.03. The van der Waals surface area contributed by atoms with Crippen molar-refractivity contribution in [1.29, 1.82) is 0 Å². The van der Waals surface area contributed by atoms with Crippen molar-refractivity contribution in [2.45, 2.75) is 39.2 Å². The molecule has 0 aromatic heterocycles. The summed E-state index contributed by atoms with van der Waals surface area (Å²) in [7, 11) is 2.89. The molecule has 0 aliphatic heterocycles. The zero-order valence-corrected chi connectivity index (χ0v) is 13.7. The van der Waals surface area contributed by atoms with Crippen molar-refractivity contribution in [1.82, 2.24) is 0 Å². The van der Waals surface area contributed by atoms with Crippen LogP contribution in [0.25, 0.3) is 0 Å². The van der Waals surface area contributed by atoms with E-state index in [0.717, 1.165) is 5.56 Å². The first kappa shape index (κ1) is 17.8. The maximum absolute atomic E-state index is 11.7. The molecule has 0 heterocycles. The van der Waals surface area contributed by atoms with Gasteiger partial charge in [0.1, 0.15) is 11.4 Å². The van der Waals surface area contributed by atoms with Crippen molar-refractivity contribution in [2.24, 2.45) is 0 Å². The van der Waals surface area contributed by atoms with Gasteiger partial charge in [-0.05, 0) is 38.8 Å². The number of methoxy groups -OCH3 is 2. The smallest absolute Gasteiger partial charge is 0.412 e. The Morgan fingerprint density at radius 1 is 1.18 bits per heavy atom. The molecule has 0 aliphatic carbocycles. The predicted molar refractivity (Wildman–Crippen MR) is 83.2 cm³/mol. The molecule has 0 bridgehead atoms. The summed E-state index contributed by atoms with van der Waals surface area (Å²) >= 11 is 0. The minimum atomic E-state index is -0.561. The number of anilines is 1. The minimum Gasteiger partial charge on any atom is -0.496 e. The van der Waals surface area contributed by atoms with E-state index in [0.29, 0.717) is 17.9 Å². The average Bonchev–Trinajstić information content (AvgIpc) is 2.43. The largest absolute Gasteiger partial charge is 0.496 e. The van der Waals surface area contributed by atoms with Gasteiger partial charge >= 0.3 is 12.1 Å². The first-order valence-corrected chi connectivity index (χ1v) is 6.99. The summed E-state index contributed by atoms with van der Waals surface area (Å²) in [5, 5.41) is 2.64. The average molecular weight is 309 g/mol. The summed E-state index contributed by atoms with van der Waals surface area (Å²) in [6.45, 7) is 5.38. The third-order valence-electron chi connectivity index (χ3n) is 2.76. The van der Waals surface area contributed by atoms with Crippen LogP contribution in [0.15, 0.2) is 18.2 Å². The molecule has 0 aliphatic rings. The maximum atomic E-state index is 11.7. The molecular formula is C16H23NO5. The third-order valence-corrected chi connectivity index (χ3v) is 2.76. The summed E-state index contributed by atoms with van der Waals surface area (Å²) in [4.78, 5) is 22.9. The lowest BCUT2D eigenvalue weighted by Gasteiger charge is -2.20. The molecule has 6 nitrogen and oxygen atoms in total. The van der Waals surface area contributed by atoms with Crippen LogP contribution in [0.4, 0.5) is 10.5 Å². The van der Waals surface area contributed by atoms with Crippen LogP contribution in [-0.2, 0) is 20.7 Å². The molecule has 0 saturated heterocycles. The Morgan fingerprint density at radius 3 is 2.41 bits per heavy atom. The molecule has 6 heteroatoms. The Labute approximate surface area is 130 Å². The Balaban J connectivity index is 2.75. The topological polar surface area (TPSA) is 73.9 Å². The van der Waals surface area contributed by atoms with Crippen LogP contribution in [0, 0.1) is 0 Å². The number of esters is 1. The molecule has 0 fully saturated rings. The standard InChI is InChI=1S/C16H23NO5/c1-16(2,3)22-15(19)17-12-8-6-11(13(10-12)20-4)7-9-14(18)21-5/h6,8,10H,7,9H2,1-5H3,(H,17,19). The van der Waals surface area contributed by atoms with Gasteiger partial charge in [0.05, 0.1) is 14.2 Å². The molecule has 1 N–H and O–H groups in total. The van der Waals surface area contributed by atoms with Gasteiger partial charge in [-0.3, -0.25) is 10.1 Å². The van der Waals surface area contributed by atoms with E-state index in [4.69, 9.17) is 9.47 Å². The molecular weight excluding hydrogens is 286 g/mol. The highest BCUT2D eigenvalue weighted by Gasteiger charge is 2.16. The second-order valence-corrected chi connectivity index (χ2v) is 5.73. The summed E-state index contributed by atoms with van der Waals surface area (Å²) < 4.78 is 15.1. The number of carbonyl (C=O) groups is 2. The normalized spacial score (nSPS) is 10.8. The van der Waals surface area contributed by atoms with Crippen molar-refractivity contribution in [3.63, 3.8) is 0 Å². The van der Waals surface area contributed by atoms with E-state index in [1.54, 1.807) is 39.0 Å². The van der Waals surface area contributed by atoms with Crippen molar-refractivity contribution in [3.05, 3.63) is 23.8 Å². The number of aryl methyl sites for hydroxylation is 1. The molecule has 1 aromatic carbocycles. The molecule has 0 atom stereocenters. The highest BCUT2D eigenvalue weighted by molar-refractivity contribution is 5.85. The monoisotopic (exact) mass is 309 g/mol. The fraction of sp³-hybridized carbons (Fsp3) is 0.500. The zero-order valence-electron chi connectivity index (χ0n) is 13.7. The lowest BCUT2D eigenvalue weighted by atomic mass is 10.1. The predicted octanol–water partition coefficient (Wildman–Crippen LogP) is 3.15. The van der Waals surface area contributed by atoms with Crippen molar-refractivity contribution >= 4 is 17.7 Å². The highest BCUT2D eigenvalue weighted by atomic mass is 16.6. The second kappa shape index (κ2) is 7.68. The Bertz CT molecular complexity index is 534. The van der Waals surface area contributed by atoms with E-state index in [2.05, 4.69) is 10.1 Å². The lowest BCUT2D eigenvalue weighted by molar-refractivity contribution is -0.140. The number of carbonyl (C=O) groups excluding carboxylic acids is 2. The van der Waals surface area contributed by atoms with Crippen LogP contribution in [0.5, 0.6) is 5.75 Å². The van der Waals surface area contributed by atoms with Crippen LogP contribution in [0.2, 0.25) is 0 Å². The van der Waals surface area contributed by atoms with Gasteiger partial charge in [-0.1, -0.05) is 6.07 Å². The van der Waals surface area contributed by atoms with Crippen LogP contribution >= 0.6 is 0 Å². The Kier molecular flexibility index (Phi) is 6.22. The van der Waals surface area contributed by atoms with Gasteiger partial charge in [-0.2, -0.15) is 0 Å². The quantitative estimate of drug-likeness (QED) is 0.846. The number of hydrogen-bond acceptors (Lipinski definition) is 5. The van der Waals surface area contributed by atoms with Crippen molar-refractivity contribution in [3.8, 4) is 5.75 Å². The first-order valence-electron chi connectivity index (χ1n) is 6.99. The summed E-state index contributed by atoms with van der Waals surface area (Å²) in [6, 6.07) is 5.23. The van der Waals surface area contributed by atoms with Gasteiger partial charge in [0.2, 0.25) is 0 Å². The molecule has 1 amide bonds. The van der Waals surface area contributed by atoms with Crippen LogP contribution in [0.1, 0.15) is 32.8 Å². The molecule has 0 radical (unpaired) electrons. The van der Waals surface area contributed by atoms with E-state index >= 15 is 0 Å². The lowest BCUT2D eigenvalue weighted by Crippen LogP contribution is -2.27. The van der Waals surface area contributed by atoms with E-state index in [1.165, 1.54) is 14.2 Å². The van der Waals surface area contributed by atoms with Gasteiger partial charge in [-0.25, -0.2) is 4.79 Å². The molecule has 1 aromatic rings. The van der Waals surface area contributed by atoms with E-state index in [1.807, 2.05) is 0 Å². The van der Waals surface area contributed by atoms with Gasteiger partial charge in [0, 0.05) is 18.2 Å². The molecule has 122 valence electrons. The van der Waals surface area contributed by atoms with Crippen LogP contribution in [-0.4, -0.2) is 31.9 Å².